The second-order valence-corrected chi connectivity index (χ2v) is 5.02. The van der Waals surface area contributed by atoms with Crippen molar-refractivity contribution in [2.24, 2.45) is 0 Å². The van der Waals surface area contributed by atoms with Crippen LogP contribution in [0.2, 0.25) is 0 Å². The number of phenolic OH excluding ortho intramolecular Hbond substituents is 1. The van der Waals surface area contributed by atoms with Crippen LogP contribution in [0.25, 0.3) is 0 Å². The number of rotatable bonds is 2. The van der Waals surface area contributed by atoms with Gasteiger partial charge in [0, 0.05) is 13.1 Å². The molecule has 2 unspecified atom stereocenters. The summed E-state index contributed by atoms with van der Waals surface area (Å²) < 4.78 is 6.18. The van der Waals surface area contributed by atoms with Crippen LogP contribution in [-0.4, -0.2) is 36.2 Å². The van der Waals surface area contributed by atoms with Crippen LogP contribution >= 0.6 is 17.0 Å². The van der Waals surface area contributed by atoms with Crippen LogP contribution in [0.1, 0.15) is 25.8 Å². The number of ether oxygens (including phenoxy) is 1. The number of nitrogens with zero attached hydrogens (tertiary/aromatic N) is 1. The standard InChI is InChI=1S/C14H21NO2.BrH/c1-4-14(10-15(3)9-11(2)17-14)12-6-5-7-13(16)8-12;/h5-8,11,16H,4,9-10H2,1-3H3;1H. The summed E-state index contributed by atoms with van der Waals surface area (Å²) in [6, 6.07) is 7.43. The largest absolute Gasteiger partial charge is 0.508 e. The van der Waals surface area contributed by atoms with Crippen LogP contribution in [0, 0.1) is 0 Å². The van der Waals surface area contributed by atoms with E-state index in [1.54, 1.807) is 6.07 Å². The van der Waals surface area contributed by atoms with Crippen LogP contribution in [0.4, 0.5) is 0 Å². The topological polar surface area (TPSA) is 32.7 Å². The fraction of sp³-hybridized carbons (Fsp3) is 0.571. The van der Waals surface area contributed by atoms with Crippen LogP contribution in [-0.2, 0) is 10.3 Å². The quantitative estimate of drug-likeness (QED) is 0.910. The van der Waals surface area contributed by atoms with Crippen molar-refractivity contribution in [3.05, 3.63) is 29.8 Å². The van der Waals surface area contributed by atoms with Crippen molar-refractivity contribution in [3.8, 4) is 5.75 Å². The van der Waals surface area contributed by atoms with Gasteiger partial charge >= 0.3 is 0 Å². The van der Waals surface area contributed by atoms with E-state index in [9.17, 15) is 5.11 Å². The molecule has 0 spiro atoms. The second kappa shape index (κ2) is 6.04. The van der Waals surface area contributed by atoms with E-state index in [-0.39, 0.29) is 28.7 Å². The predicted octanol–water partition coefficient (Wildman–Crippen LogP) is 2.93. The summed E-state index contributed by atoms with van der Waals surface area (Å²) in [4.78, 5) is 2.29. The fourth-order valence-corrected chi connectivity index (χ4v) is 2.75. The molecule has 1 heterocycles. The highest BCUT2D eigenvalue weighted by atomic mass is 79.9. The molecular formula is C14H22BrNO2. The first kappa shape index (κ1) is 15.5. The lowest BCUT2D eigenvalue weighted by Crippen LogP contribution is -2.51. The lowest BCUT2D eigenvalue weighted by Gasteiger charge is -2.44. The lowest BCUT2D eigenvalue weighted by atomic mass is 9.88. The smallest absolute Gasteiger partial charge is 0.115 e. The first-order valence-corrected chi connectivity index (χ1v) is 6.21. The number of likely N-dealkylation sites (N-methyl/N-ethyl adjacent to an activating group) is 1. The number of benzene rings is 1. The number of morpholine rings is 1. The zero-order valence-electron chi connectivity index (χ0n) is 11.2. The average molecular weight is 316 g/mol. The molecule has 0 radical (unpaired) electrons. The molecule has 1 aromatic rings. The van der Waals surface area contributed by atoms with Crippen molar-refractivity contribution in [2.45, 2.75) is 32.0 Å². The van der Waals surface area contributed by atoms with Crippen LogP contribution in [0.3, 0.4) is 0 Å². The number of aromatic hydroxyl groups is 1. The molecule has 1 aliphatic rings. The zero-order valence-corrected chi connectivity index (χ0v) is 12.9. The number of phenols is 1. The molecule has 102 valence electrons. The van der Waals surface area contributed by atoms with Gasteiger partial charge in [0.05, 0.1) is 6.10 Å². The van der Waals surface area contributed by atoms with E-state index in [0.717, 1.165) is 25.1 Å². The summed E-state index contributed by atoms with van der Waals surface area (Å²) in [7, 11) is 2.12. The maximum atomic E-state index is 9.62. The van der Waals surface area contributed by atoms with Gasteiger partial charge in [0.15, 0.2) is 0 Å². The average Bonchev–Trinajstić information content (AvgIpc) is 2.27. The Bertz CT molecular complexity index is 387. The molecule has 1 N–H and O–H groups in total. The van der Waals surface area contributed by atoms with Crippen LogP contribution in [0.15, 0.2) is 24.3 Å². The van der Waals surface area contributed by atoms with Crippen molar-refractivity contribution in [1.82, 2.24) is 4.90 Å². The maximum Gasteiger partial charge on any atom is 0.115 e. The van der Waals surface area contributed by atoms with Crippen molar-refractivity contribution in [2.75, 3.05) is 20.1 Å². The van der Waals surface area contributed by atoms with E-state index in [0.29, 0.717) is 5.75 Å². The third-order valence-electron chi connectivity index (χ3n) is 3.46. The fourth-order valence-electron chi connectivity index (χ4n) is 2.75. The highest BCUT2D eigenvalue weighted by molar-refractivity contribution is 8.93. The van der Waals surface area contributed by atoms with Gasteiger partial charge in [0.2, 0.25) is 0 Å². The molecule has 0 amide bonds. The Morgan fingerprint density at radius 2 is 2.22 bits per heavy atom. The summed E-state index contributed by atoms with van der Waals surface area (Å²) in [6.07, 6.45) is 1.13. The number of hydrogen-bond acceptors (Lipinski definition) is 3. The van der Waals surface area contributed by atoms with Gasteiger partial charge in [0.1, 0.15) is 11.4 Å². The molecule has 0 saturated carbocycles. The Hall–Kier alpha value is -0.580. The van der Waals surface area contributed by atoms with Gasteiger partial charge in [0.25, 0.3) is 0 Å². The molecule has 2 rings (SSSR count). The summed E-state index contributed by atoms with van der Waals surface area (Å²) in [6.45, 7) is 6.07. The Labute approximate surface area is 120 Å². The molecule has 1 saturated heterocycles. The molecule has 2 atom stereocenters. The van der Waals surface area contributed by atoms with Gasteiger partial charge < -0.3 is 14.7 Å². The molecule has 0 aliphatic carbocycles. The normalized spacial score (nSPS) is 28.7. The van der Waals surface area contributed by atoms with E-state index in [2.05, 4.69) is 25.8 Å². The lowest BCUT2D eigenvalue weighted by molar-refractivity contribution is -0.151. The van der Waals surface area contributed by atoms with Crippen LogP contribution in [0.5, 0.6) is 5.75 Å². The van der Waals surface area contributed by atoms with Crippen molar-refractivity contribution >= 4 is 17.0 Å². The number of hydrogen-bond donors (Lipinski definition) is 1. The van der Waals surface area contributed by atoms with Gasteiger partial charge in [-0.05, 0) is 38.1 Å². The van der Waals surface area contributed by atoms with Gasteiger partial charge in [-0.2, -0.15) is 0 Å². The summed E-state index contributed by atoms with van der Waals surface area (Å²) in [5.74, 6) is 0.305. The maximum absolute atomic E-state index is 9.62. The van der Waals surface area contributed by atoms with E-state index in [4.69, 9.17) is 4.74 Å². The molecule has 3 nitrogen and oxygen atoms in total. The molecule has 1 aromatic carbocycles. The molecule has 1 aliphatic heterocycles. The Balaban J connectivity index is 0.00000162. The predicted molar refractivity (Wildman–Crippen MR) is 78.4 cm³/mol. The van der Waals surface area contributed by atoms with Gasteiger partial charge in [-0.3, -0.25) is 0 Å². The molecule has 0 aromatic heterocycles. The molecule has 1 fully saturated rings. The van der Waals surface area contributed by atoms with Gasteiger partial charge in [-0.15, -0.1) is 17.0 Å². The molecule has 4 heteroatoms. The third kappa shape index (κ3) is 3.05. The van der Waals surface area contributed by atoms with E-state index >= 15 is 0 Å². The molecular weight excluding hydrogens is 294 g/mol. The Morgan fingerprint density at radius 3 is 2.78 bits per heavy atom. The van der Waals surface area contributed by atoms with E-state index in [1.165, 1.54) is 0 Å². The highest BCUT2D eigenvalue weighted by Crippen LogP contribution is 2.35. The number of halogens is 1. The SMILES string of the molecule is Br.CCC1(c2cccc(O)c2)CN(C)CC(C)O1. The summed E-state index contributed by atoms with van der Waals surface area (Å²) >= 11 is 0. The van der Waals surface area contributed by atoms with Crippen molar-refractivity contribution < 1.29 is 9.84 Å². The minimum absolute atomic E-state index is 0. The van der Waals surface area contributed by atoms with E-state index < -0.39 is 0 Å². The third-order valence-corrected chi connectivity index (χ3v) is 3.46. The first-order chi connectivity index (χ1) is 8.05. The zero-order chi connectivity index (χ0) is 12.5. The van der Waals surface area contributed by atoms with Crippen molar-refractivity contribution in [3.63, 3.8) is 0 Å². The second-order valence-electron chi connectivity index (χ2n) is 5.02. The highest BCUT2D eigenvalue weighted by Gasteiger charge is 2.38. The molecule has 0 bridgehead atoms. The monoisotopic (exact) mass is 315 g/mol. The van der Waals surface area contributed by atoms with E-state index in [1.807, 2.05) is 18.2 Å². The first-order valence-electron chi connectivity index (χ1n) is 6.21. The molecule has 18 heavy (non-hydrogen) atoms. The summed E-state index contributed by atoms with van der Waals surface area (Å²) in [5, 5.41) is 9.62. The minimum Gasteiger partial charge on any atom is -0.508 e. The van der Waals surface area contributed by atoms with Crippen molar-refractivity contribution in [1.29, 1.82) is 0 Å². The Morgan fingerprint density at radius 1 is 1.50 bits per heavy atom. The summed E-state index contributed by atoms with van der Waals surface area (Å²) in [5.41, 5.74) is 0.781. The Kier molecular flexibility index (Phi) is 5.20. The van der Waals surface area contributed by atoms with Gasteiger partial charge in [-0.25, -0.2) is 0 Å². The van der Waals surface area contributed by atoms with Gasteiger partial charge in [-0.1, -0.05) is 19.1 Å². The van der Waals surface area contributed by atoms with Crippen LogP contribution < -0.4 is 0 Å². The minimum atomic E-state index is -0.287.